The van der Waals surface area contributed by atoms with Crippen LogP contribution in [0.5, 0.6) is 0 Å². The molecular formula is C12H18N2O2. The van der Waals surface area contributed by atoms with Crippen LogP contribution in [0.2, 0.25) is 0 Å². The van der Waals surface area contributed by atoms with Gasteiger partial charge >= 0.3 is 0 Å². The van der Waals surface area contributed by atoms with E-state index in [1.54, 1.807) is 7.05 Å². The van der Waals surface area contributed by atoms with Crippen molar-refractivity contribution in [2.45, 2.75) is 6.61 Å². The Morgan fingerprint density at radius 3 is 2.81 bits per heavy atom. The maximum atomic E-state index is 5.36. The van der Waals surface area contributed by atoms with E-state index in [0.29, 0.717) is 6.61 Å². The zero-order valence-electron chi connectivity index (χ0n) is 9.61. The van der Waals surface area contributed by atoms with Crippen molar-refractivity contribution >= 4 is 5.69 Å². The molecule has 1 fully saturated rings. The molecule has 0 aliphatic carbocycles. The highest BCUT2D eigenvalue weighted by Gasteiger charge is 2.13. The first-order valence-electron chi connectivity index (χ1n) is 5.61. The second-order valence-corrected chi connectivity index (χ2v) is 3.72. The number of benzene rings is 1. The molecule has 1 N–H and O–H groups in total. The van der Waals surface area contributed by atoms with E-state index in [2.05, 4.69) is 28.6 Å². The molecule has 0 spiro atoms. The van der Waals surface area contributed by atoms with Gasteiger partial charge < -0.3 is 9.64 Å². The van der Waals surface area contributed by atoms with Crippen LogP contribution < -0.4 is 10.4 Å². The molecule has 1 aliphatic rings. The number of anilines is 1. The van der Waals surface area contributed by atoms with Gasteiger partial charge in [0.2, 0.25) is 0 Å². The molecule has 1 saturated heterocycles. The van der Waals surface area contributed by atoms with E-state index in [9.17, 15) is 0 Å². The van der Waals surface area contributed by atoms with E-state index in [1.165, 1.54) is 11.3 Å². The van der Waals surface area contributed by atoms with Crippen LogP contribution in [0, 0.1) is 0 Å². The maximum absolute atomic E-state index is 5.36. The van der Waals surface area contributed by atoms with Crippen LogP contribution >= 0.6 is 0 Å². The summed E-state index contributed by atoms with van der Waals surface area (Å²) >= 11 is 0. The predicted octanol–water partition coefficient (Wildman–Crippen LogP) is 1.17. The molecule has 1 heterocycles. The van der Waals surface area contributed by atoms with Gasteiger partial charge in [-0.3, -0.25) is 4.84 Å². The predicted molar refractivity (Wildman–Crippen MR) is 63.3 cm³/mol. The van der Waals surface area contributed by atoms with Crippen molar-refractivity contribution in [3.63, 3.8) is 0 Å². The van der Waals surface area contributed by atoms with Crippen molar-refractivity contribution in [3.8, 4) is 0 Å². The van der Waals surface area contributed by atoms with Crippen LogP contribution in [-0.4, -0.2) is 33.4 Å². The number of nitrogens with one attached hydrogen (secondary N) is 1. The Bertz CT molecular complexity index is 325. The fourth-order valence-corrected chi connectivity index (χ4v) is 1.90. The van der Waals surface area contributed by atoms with Crippen LogP contribution in [0.4, 0.5) is 5.69 Å². The molecule has 1 aromatic rings. The van der Waals surface area contributed by atoms with Gasteiger partial charge in [0, 0.05) is 31.4 Å². The lowest BCUT2D eigenvalue weighted by Crippen LogP contribution is -2.36. The first kappa shape index (κ1) is 11.4. The summed E-state index contributed by atoms with van der Waals surface area (Å²) in [6.07, 6.45) is 0. The van der Waals surface area contributed by atoms with E-state index in [1.807, 2.05) is 6.07 Å². The normalized spacial score (nSPS) is 16.4. The van der Waals surface area contributed by atoms with Crippen LogP contribution in [0.15, 0.2) is 24.3 Å². The molecular weight excluding hydrogens is 204 g/mol. The third-order valence-corrected chi connectivity index (χ3v) is 2.72. The Balaban J connectivity index is 2.11. The summed E-state index contributed by atoms with van der Waals surface area (Å²) in [5.74, 6) is 0. The van der Waals surface area contributed by atoms with Crippen molar-refractivity contribution in [1.82, 2.24) is 5.48 Å². The summed E-state index contributed by atoms with van der Waals surface area (Å²) < 4.78 is 5.36. The first-order valence-corrected chi connectivity index (χ1v) is 5.61. The highest BCUT2D eigenvalue weighted by molar-refractivity contribution is 5.53. The van der Waals surface area contributed by atoms with E-state index in [4.69, 9.17) is 9.57 Å². The molecule has 88 valence electrons. The molecule has 0 atom stereocenters. The molecule has 0 radical (unpaired) electrons. The van der Waals surface area contributed by atoms with Crippen LogP contribution in [0.25, 0.3) is 0 Å². The fraction of sp³-hybridized carbons (Fsp3) is 0.500. The van der Waals surface area contributed by atoms with Gasteiger partial charge in [-0.15, -0.1) is 0 Å². The van der Waals surface area contributed by atoms with Gasteiger partial charge in [0.15, 0.2) is 0 Å². The smallest absolute Gasteiger partial charge is 0.0952 e. The summed E-state index contributed by atoms with van der Waals surface area (Å²) in [4.78, 5) is 7.59. The lowest BCUT2D eigenvalue weighted by Gasteiger charge is -2.30. The second-order valence-electron chi connectivity index (χ2n) is 3.72. The minimum Gasteiger partial charge on any atom is -0.378 e. The summed E-state index contributed by atoms with van der Waals surface area (Å²) in [6.45, 7) is 4.11. The average Bonchev–Trinajstić information content (AvgIpc) is 2.38. The highest BCUT2D eigenvalue weighted by Crippen LogP contribution is 2.21. The number of nitrogens with zero attached hydrogens (tertiary/aromatic N) is 1. The second kappa shape index (κ2) is 5.84. The molecule has 0 amide bonds. The molecule has 0 bridgehead atoms. The molecule has 1 aromatic carbocycles. The van der Waals surface area contributed by atoms with E-state index in [-0.39, 0.29) is 0 Å². The standard InChI is InChI=1S/C12H18N2O2/c1-13-16-10-11-4-2-3-5-12(11)14-6-8-15-9-7-14/h2-5,13H,6-10H2,1H3. The zero-order chi connectivity index (χ0) is 11.2. The monoisotopic (exact) mass is 222 g/mol. The molecule has 0 aromatic heterocycles. The number of morpholine rings is 1. The molecule has 0 saturated carbocycles. The van der Waals surface area contributed by atoms with Crippen molar-refractivity contribution in [3.05, 3.63) is 29.8 Å². The summed E-state index contributed by atoms with van der Waals surface area (Å²) in [5, 5.41) is 0. The maximum Gasteiger partial charge on any atom is 0.0952 e. The topological polar surface area (TPSA) is 33.7 Å². The number of hydrogen-bond acceptors (Lipinski definition) is 4. The minimum atomic E-state index is 0.587. The van der Waals surface area contributed by atoms with Crippen molar-refractivity contribution < 1.29 is 9.57 Å². The molecule has 16 heavy (non-hydrogen) atoms. The van der Waals surface area contributed by atoms with Gasteiger partial charge in [0.05, 0.1) is 19.8 Å². The Hall–Kier alpha value is -1.10. The number of ether oxygens (including phenoxy) is 1. The van der Waals surface area contributed by atoms with Crippen molar-refractivity contribution in [2.24, 2.45) is 0 Å². The minimum absolute atomic E-state index is 0.587. The number of hydrogen-bond donors (Lipinski definition) is 1. The van der Waals surface area contributed by atoms with E-state index in [0.717, 1.165) is 26.3 Å². The molecule has 2 rings (SSSR count). The Morgan fingerprint density at radius 1 is 1.31 bits per heavy atom. The lowest BCUT2D eigenvalue weighted by molar-refractivity contribution is 0.0444. The van der Waals surface area contributed by atoms with Gasteiger partial charge in [-0.2, -0.15) is 0 Å². The average molecular weight is 222 g/mol. The van der Waals surface area contributed by atoms with Crippen LogP contribution in [-0.2, 0) is 16.2 Å². The Kier molecular flexibility index (Phi) is 4.16. The number of hydroxylamine groups is 1. The van der Waals surface area contributed by atoms with Gasteiger partial charge in [-0.25, -0.2) is 5.48 Å². The number of para-hydroxylation sites is 1. The number of rotatable bonds is 4. The summed E-state index contributed by atoms with van der Waals surface area (Å²) in [6, 6.07) is 8.34. The summed E-state index contributed by atoms with van der Waals surface area (Å²) in [5.41, 5.74) is 5.16. The first-order chi connectivity index (χ1) is 7.92. The van der Waals surface area contributed by atoms with Gasteiger partial charge in [-0.1, -0.05) is 18.2 Å². The van der Waals surface area contributed by atoms with Gasteiger partial charge in [-0.05, 0) is 6.07 Å². The fourth-order valence-electron chi connectivity index (χ4n) is 1.90. The molecule has 4 nitrogen and oxygen atoms in total. The lowest BCUT2D eigenvalue weighted by atomic mass is 10.1. The Labute approximate surface area is 96.1 Å². The van der Waals surface area contributed by atoms with Crippen LogP contribution in [0.1, 0.15) is 5.56 Å². The van der Waals surface area contributed by atoms with Gasteiger partial charge in [0.25, 0.3) is 0 Å². The molecule has 1 aliphatic heterocycles. The third-order valence-electron chi connectivity index (χ3n) is 2.72. The van der Waals surface area contributed by atoms with E-state index >= 15 is 0 Å². The van der Waals surface area contributed by atoms with Crippen LogP contribution in [0.3, 0.4) is 0 Å². The SMILES string of the molecule is CNOCc1ccccc1N1CCOCC1. The largest absolute Gasteiger partial charge is 0.378 e. The molecule has 0 unspecified atom stereocenters. The van der Waals surface area contributed by atoms with Gasteiger partial charge in [0.1, 0.15) is 0 Å². The summed E-state index contributed by atoms with van der Waals surface area (Å²) in [7, 11) is 1.78. The Morgan fingerprint density at radius 2 is 2.06 bits per heavy atom. The zero-order valence-corrected chi connectivity index (χ0v) is 9.61. The molecule has 4 heteroatoms. The van der Waals surface area contributed by atoms with E-state index < -0.39 is 0 Å². The highest BCUT2D eigenvalue weighted by atomic mass is 16.6. The van der Waals surface area contributed by atoms with Crippen molar-refractivity contribution in [1.29, 1.82) is 0 Å². The third kappa shape index (κ3) is 2.72. The quantitative estimate of drug-likeness (QED) is 0.775. The van der Waals surface area contributed by atoms with Crippen molar-refractivity contribution in [2.75, 3.05) is 38.3 Å².